The molecule has 0 radical (unpaired) electrons. The first-order chi connectivity index (χ1) is 8.77. The van der Waals surface area contributed by atoms with Crippen LogP contribution in [0.5, 0.6) is 0 Å². The van der Waals surface area contributed by atoms with Crippen LogP contribution in [-0.2, 0) is 15.8 Å². The molecule has 19 heavy (non-hydrogen) atoms. The van der Waals surface area contributed by atoms with Gasteiger partial charge in [0.15, 0.2) is 12.8 Å². The minimum absolute atomic E-state index is 0.111. The number of aromatic nitrogens is 2. The lowest BCUT2D eigenvalue weighted by atomic mass is 10.3. The Morgan fingerprint density at radius 1 is 1.68 bits per heavy atom. The number of hydrogen-bond acceptors (Lipinski definition) is 6. The second-order valence-electron chi connectivity index (χ2n) is 4.19. The van der Waals surface area contributed by atoms with Gasteiger partial charge in [0.1, 0.15) is 0 Å². The molecule has 3 unspecified atom stereocenters. The number of ether oxygens (including phenoxy) is 1. The first-order valence-electron chi connectivity index (χ1n) is 5.38. The molecular weight excluding hydrogens is 295 g/mol. The normalized spacial score (nSPS) is 26.3. The highest BCUT2D eigenvalue weighted by molar-refractivity contribution is 8.05. The van der Waals surface area contributed by atoms with Crippen molar-refractivity contribution in [3.8, 4) is 0 Å². The molecule has 0 aromatic carbocycles. The van der Waals surface area contributed by atoms with Crippen LogP contribution in [0.15, 0.2) is 15.8 Å². The van der Waals surface area contributed by atoms with E-state index in [1.165, 1.54) is 10.8 Å². The molecule has 3 atom stereocenters. The predicted octanol–water partition coefficient (Wildman–Crippen LogP) is -1.19. The van der Waals surface area contributed by atoms with E-state index in [0.29, 0.717) is 11.3 Å². The van der Waals surface area contributed by atoms with Gasteiger partial charge in [0.2, 0.25) is 0 Å². The predicted molar refractivity (Wildman–Crippen MR) is 67.0 cm³/mol. The SMILES string of the molecule is Cc1cn(CC2CSC(P(=O)([O-])O)O2)c(=O)[nH]c1=O. The van der Waals surface area contributed by atoms with Crippen LogP contribution in [0.2, 0.25) is 0 Å². The molecule has 1 aliphatic heterocycles. The van der Waals surface area contributed by atoms with Crippen molar-refractivity contribution >= 4 is 19.4 Å². The molecule has 0 saturated carbocycles. The van der Waals surface area contributed by atoms with Crippen molar-refractivity contribution in [1.82, 2.24) is 9.55 Å². The number of thioether (sulfide) groups is 1. The fourth-order valence-electron chi connectivity index (χ4n) is 1.67. The lowest BCUT2D eigenvalue weighted by Crippen LogP contribution is -2.34. The fourth-order valence-corrected chi connectivity index (χ4v) is 3.81. The van der Waals surface area contributed by atoms with Crippen LogP contribution in [0.3, 0.4) is 0 Å². The van der Waals surface area contributed by atoms with E-state index in [-0.39, 0.29) is 6.54 Å². The third-order valence-electron chi connectivity index (χ3n) is 2.59. The second-order valence-corrected chi connectivity index (χ2v) is 7.23. The highest BCUT2D eigenvalue weighted by atomic mass is 32.2. The minimum atomic E-state index is -4.54. The standard InChI is InChI=1S/C9H13N2O6PS/c1-5-2-11(8(13)10-7(5)12)3-6-4-19-9(17-6)18(14,15)16/h2,6,9H,3-4H2,1H3,(H,10,12,13)(H2,14,15,16)/p-1. The number of nitrogens with zero attached hydrogens (tertiary/aromatic N) is 1. The summed E-state index contributed by atoms with van der Waals surface area (Å²) in [5.41, 5.74) is -0.666. The van der Waals surface area contributed by atoms with Gasteiger partial charge in [-0.25, -0.2) is 4.79 Å². The largest absolute Gasteiger partial charge is 0.776 e. The van der Waals surface area contributed by atoms with Crippen molar-refractivity contribution in [3.05, 3.63) is 32.6 Å². The monoisotopic (exact) mass is 307 g/mol. The summed E-state index contributed by atoms with van der Waals surface area (Å²) in [6.07, 6.45) is 0.866. The molecule has 106 valence electrons. The van der Waals surface area contributed by atoms with Crippen molar-refractivity contribution in [3.63, 3.8) is 0 Å². The molecule has 1 saturated heterocycles. The molecule has 2 rings (SSSR count). The molecule has 1 aliphatic rings. The zero-order valence-electron chi connectivity index (χ0n) is 9.94. The highest BCUT2D eigenvalue weighted by Crippen LogP contribution is 2.48. The van der Waals surface area contributed by atoms with Crippen molar-refractivity contribution in [2.75, 3.05) is 5.75 Å². The van der Waals surface area contributed by atoms with E-state index in [0.717, 1.165) is 11.8 Å². The number of aryl methyl sites for hydroxylation is 1. The summed E-state index contributed by atoms with van der Waals surface area (Å²) in [6, 6.07) is 0. The maximum atomic E-state index is 11.5. The van der Waals surface area contributed by atoms with E-state index >= 15 is 0 Å². The Labute approximate surface area is 112 Å². The van der Waals surface area contributed by atoms with E-state index in [2.05, 4.69) is 4.98 Å². The maximum absolute atomic E-state index is 11.5. The lowest BCUT2D eigenvalue weighted by Gasteiger charge is -2.22. The third kappa shape index (κ3) is 3.37. The smallest absolute Gasteiger partial charge is 0.328 e. The van der Waals surface area contributed by atoms with E-state index < -0.39 is 30.1 Å². The fraction of sp³-hybridized carbons (Fsp3) is 0.556. The van der Waals surface area contributed by atoms with Gasteiger partial charge >= 0.3 is 5.69 Å². The first kappa shape index (κ1) is 14.5. The molecule has 2 heterocycles. The van der Waals surface area contributed by atoms with Crippen LogP contribution in [0.25, 0.3) is 0 Å². The highest BCUT2D eigenvalue weighted by Gasteiger charge is 2.32. The Hall–Kier alpha value is -0.860. The van der Waals surface area contributed by atoms with Gasteiger partial charge in [-0.3, -0.25) is 14.3 Å². The van der Waals surface area contributed by atoms with Gasteiger partial charge in [-0.2, -0.15) is 0 Å². The molecule has 2 N–H and O–H groups in total. The zero-order chi connectivity index (χ0) is 14.2. The van der Waals surface area contributed by atoms with Crippen LogP contribution in [0.4, 0.5) is 0 Å². The quantitative estimate of drug-likeness (QED) is 0.672. The third-order valence-corrected chi connectivity index (χ3v) is 5.45. The van der Waals surface area contributed by atoms with Crippen LogP contribution in [0.1, 0.15) is 5.56 Å². The van der Waals surface area contributed by atoms with Gasteiger partial charge < -0.3 is 19.1 Å². The summed E-state index contributed by atoms with van der Waals surface area (Å²) in [5.74, 6) is 0.335. The molecule has 8 nitrogen and oxygen atoms in total. The van der Waals surface area contributed by atoms with Crippen molar-refractivity contribution in [2.24, 2.45) is 0 Å². The average molecular weight is 307 g/mol. The molecular formula is C9H12N2O6PS-. The van der Waals surface area contributed by atoms with Gasteiger partial charge in [-0.05, 0) is 6.92 Å². The number of hydrogen-bond donors (Lipinski definition) is 2. The van der Waals surface area contributed by atoms with Crippen molar-refractivity contribution in [2.45, 2.75) is 24.7 Å². The topological polar surface area (TPSA) is 124 Å². The zero-order valence-corrected chi connectivity index (χ0v) is 11.6. The number of nitrogens with one attached hydrogen (secondary N) is 1. The number of H-pyrrole nitrogens is 1. The summed E-state index contributed by atoms with van der Waals surface area (Å²) < 4.78 is 17.3. The van der Waals surface area contributed by atoms with Crippen LogP contribution >= 0.6 is 19.4 Å². The first-order valence-corrected chi connectivity index (χ1v) is 8.08. The average Bonchev–Trinajstić information content (AvgIpc) is 2.74. The van der Waals surface area contributed by atoms with Gasteiger partial charge in [-0.1, -0.05) is 0 Å². The molecule has 1 fully saturated rings. The lowest BCUT2D eigenvalue weighted by molar-refractivity contribution is -0.201. The number of aromatic amines is 1. The minimum Gasteiger partial charge on any atom is -0.776 e. The Morgan fingerprint density at radius 3 is 2.95 bits per heavy atom. The molecule has 0 bridgehead atoms. The summed E-state index contributed by atoms with van der Waals surface area (Å²) in [6.45, 7) is 1.67. The Bertz CT molecular complexity index is 634. The summed E-state index contributed by atoms with van der Waals surface area (Å²) >= 11 is 0.955. The Balaban J connectivity index is 2.12. The summed E-state index contributed by atoms with van der Waals surface area (Å²) in [4.78, 5) is 44.7. The van der Waals surface area contributed by atoms with Crippen molar-refractivity contribution in [1.29, 1.82) is 0 Å². The maximum Gasteiger partial charge on any atom is 0.328 e. The van der Waals surface area contributed by atoms with Gasteiger partial charge in [0.25, 0.3) is 5.56 Å². The van der Waals surface area contributed by atoms with Crippen molar-refractivity contribution < 1.29 is 19.1 Å². The van der Waals surface area contributed by atoms with Crippen LogP contribution < -0.4 is 16.1 Å². The molecule has 10 heteroatoms. The van der Waals surface area contributed by atoms with E-state index in [1.54, 1.807) is 6.92 Å². The van der Waals surface area contributed by atoms with Gasteiger partial charge in [0, 0.05) is 17.5 Å². The summed E-state index contributed by atoms with van der Waals surface area (Å²) in [7, 11) is -4.54. The molecule has 1 aromatic rings. The Morgan fingerprint density at radius 2 is 2.37 bits per heavy atom. The summed E-state index contributed by atoms with van der Waals surface area (Å²) in [5, 5.41) is -1.29. The molecule has 0 amide bonds. The van der Waals surface area contributed by atoms with E-state index in [1.807, 2.05) is 0 Å². The van der Waals surface area contributed by atoms with Crippen LogP contribution in [-0.4, -0.2) is 31.5 Å². The van der Waals surface area contributed by atoms with Gasteiger partial charge in [-0.15, -0.1) is 11.8 Å². The van der Waals surface area contributed by atoms with E-state index in [4.69, 9.17) is 9.63 Å². The van der Waals surface area contributed by atoms with E-state index in [9.17, 15) is 19.0 Å². The second kappa shape index (κ2) is 5.26. The number of rotatable bonds is 3. The molecule has 0 spiro atoms. The molecule has 0 aliphatic carbocycles. The van der Waals surface area contributed by atoms with Gasteiger partial charge in [0.05, 0.1) is 12.6 Å². The molecule has 1 aromatic heterocycles. The van der Waals surface area contributed by atoms with Crippen LogP contribution in [0, 0.1) is 6.92 Å². The Kier molecular flexibility index (Phi) is 4.03.